The van der Waals surface area contributed by atoms with Gasteiger partial charge in [0.2, 0.25) is 0 Å². The summed E-state index contributed by atoms with van der Waals surface area (Å²) in [4.78, 5) is 45.6. The highest BCUT2D eigenvalue weighted by Gasteiger charge is 2.40. The number of anilines is 1. The zero-order chi connectivity index (χ0) is 22.0. The number of nitrogen functional groups attached to an aromatic ring is 1. The Morgan fingerprint density at radius 1 is 1.24 bits per heavy atom. The van der Waals surface area contributed by atoms with Gasteiger partial charge in [0.15, 0.2) is 5.54 Å². The summed E-state index contributed by atoms with van der Waals surface area (Å²) in [6.45, 7) is 11.5. The standard InChI is InChI=1S/C20H25N5O4/c1-12-9-10-14(21)16(26)25(12)15-13(8-7-11-23-15)20(5,17(27)22-6)24-18(28)29-19(2,3)4/h7-11H,6,21H2,1-5H3,(H,24,28). The van der Waals surface area contributed by atoms with Gasteiger partial charge in [-0.3, -0.25) is 14.2 Å². The van der Waals surface area contributed by atoms with Crippen LogP contribution in [0.2, 0.25) is 0 Å². The van der Waals surface area contributed by atoms with Crippen LogP contribution in [0.4, 0.5) is 10.5 Å². The minimum absolute atomic E-state index is 0.0159. The zero-order valence-electron chi connectivity index (χ0n) is 17.1. The van der Waals surface area contributed by atoms with Crippen LogP contribution >= 0.6 is 0 Å². The van der Waals surface area contributed by atoms with E-state index >= 15 is 0 Å². The highest BCUT2D eigenvalue weighted by Crippen LogP contribution is 2.28. The number of nitrogens with zero attached hydrogens (tertiary/aromatic N) is 3. The number of aryl methyl sites for hydroxylation is 1. The van der Waals surface area contributed by atoms with Gasteiger partial charge in [0.05, 0.1) is 5.69 Å². The lowest BCUT2D eigenvalue weighted by Crippen LogP contribution is -2.51. The predicted molar refractivity (Wildman–Crippen MR) is 110 cm³/mol. The van der Waals surface area contributed by atoms with Gasteiger partial charge in [-0.1, -0.05) is 6.07 Å². The van der Waals surface area contributed by atoms with Gasteiger partial charge in [0.1, 0.15) is 11.4 Å². The summed E-state index contributed by atoms with van der Waals surface area (Å²) < 4.78 is 6.56. The van der Waals surface area contributed by atoms with Crippen molar-refractivity contribution in [3.8, 4) is 5.82 Å². The number of alkyl carbamates (subject to hydrolysis) is 1. The van der Waals surface area contributed by atoms with Gasteiger partial charge in [0, 0.05) is 17.5 Å². The van der Waals surface area contributed by atoms with Crippen molar-refractivity contribution in [2.24, 2.45) is 4.99 Å². The average molecular weight is 399 g/mol. The topological polar surface area (TPSA) is 129 Å². The molecular weight excluding hydrogens is 374 g/mol. The second kappa shape index (κ2) is 7.86. The van der Waals surface area contributed by atoms with E-state index < -0.39 is 28.7 Å². The predicted octanol–water partition coefficient (Wildman–Crippen LogP) is 2.09. The molecule has 1 unspecified atom stereocenters. The number of carbonyl (C=O) groups excluding carboxylic acids is 2. The fraction of sp³-hybridized carbons (Fsp3) is 0.350. The van der Waals surface area contributed by atoms with Crippen LogP contribution in [0.15, 0.2) is 40.2 Å². The summed E-state index contributed by atoms with van der Waals surface area (Å²) >= 11 is 0. The van der Waals surface area contributed by atoms with E-state index in [1.807, 2.05) is 0 Å². The normalized spacial score (nSPS) is 13.3. The average Bonchev–Trinajstić information content (AvgIpc) is 2.63. The third kappa shape index (κ3) is 4.50. The highest BCUT2D eigenvalue weighted by atomic mass is 16.6. The largest absolute Gasteiger partial charge is 0.444 e. The molecule has 2 aromatic heterocycles. The van der Waals surface area contributed by atoms with Crippen molar-refractivity contribution in [1.82, 2.24) is 14.9 Å². The van der Waals surface area contributed by atoms with Gasteiger partial charge in [-0.25, -0.2) is 14.8 Å². The maximum atomic E-state index is 12.7. The van der Waals surface area contributed by atoms with Gasteiger partial charge < -0.3 is 15.8 Å². The first kappa shape index (κ1) is 21.8. The fourth-order valence-electron chi connectivity index (χ4n) is 2.78. The Morgan fingerprint density at radius 2 is 1.90 bits per heavy atom. The van der Waals surface area contributed by atoms with Crippen LogP contribution < -0.4 is 16.6 Å². The molecule has 2 amide bonds. The van der Waals surface area contributed by atoms with E-state index in [4.69, 9.17) is 10.5 Å². The van der Waals surface area contributed by atoms with Gasteiger partial charge in [-0.2, -0.15) is 0 Å². The fourth-order valence-corrected chi connectivity index (χ4v) is 2.78. The van der Waals surface area contributed by atoms with E-state index in [2.05, 4.69) is 22.0 Å². The molecular formula is C20H25N5O4. The molecule has 9 nitrogen and oxygen atoms in total. The lowest BCUT2D eigenvalue weighted by molar-refractivity contribution is -0.123. The highest BCUT2D eigenvalue weighted by molar-refractivity contribution is 5.94. The van der Waals surface area contributed by atoms with E-state index in [0.29, 0.717) is 5.69 Å². The van der Waals surface area contributed by atoms with E-state index in [1.54, 1.807) is 45.9 Å². The van der Waals surface area contributed by atoms with Crippen LogP contribution in [-0.2, 0) is 15.1 Å². The van der Waals surface area contributed by atoms with Crippen molar-refractivity contribution >= 4 is 24.4 Å². The van der Waals surface area contributed by atoms with E-state index in [9.17, 15) is 14.4 Å². The van der Waals surface area contributed by atoms with Gasteiger partial charge >= 0.3 is 6.09 Å². The van der Waals surface area contributed by atoms with Crippen molar-refractivity contribution in [2.75, 3.05) is 5.73 Å². The molecule has 0 spiro atoms. The minimum Gasteiger partial charge on any atom is -0.444 e. The molecule has 2 aromatic rings. The van der Waals surface area contributed by atoms with Crippen molar-refractivity contribution in [2.45, 2.75) is 45.8 Å². The number of nitrogens with two attached hydrogens (primary N) is 1. The number of carbonyl (C=O) groups is 2. The quantitative estimate of drug-likeness (QED) is 0.758. The number of aromatic nitrogens is 2. The van der Waals surface area contributed by atoms with Crippen molar-refractivity contribution in [3.05, 3.63) is 52.1 Å². The van der Waals surface area contributed by atoms with Gasteiger partial charge in [-0.15, -0.1) is 0 Å². The molecule has 2 heterocycles. The first-order valence-corrected chi connectivity index (χ1v) is 8.87. The number of amides is 2. The van der Waals surface area contributed by atoms with Crippen LogP contribution in [0, 0.1) is 6.92 Å². The van der Waals surface area contributed by atoms with Crippen LogP contribution in [0.25, 0.3) is 5.82 Å². The summed E-state index contributed by atoms with van der Waals surface area (Å²) in [7, 11) is 0. The first-order valence-electron chi connectivity index (χ1n) is 8.87. The molecule has 3 N–H and O–H groups in total. The molecule has 0 aliphatic carbocycles. The Morgan fingerprint density at radius 3 is 2.48 bits per heavy atom. The second-order valence-electron chi connectivity index (χ2n) is 7.66. The summed E-state index contributed by atoms with van der Waals surface area (Å²) in [5, 5.41) is 2.55. The number of rotatable bonds is 4. The Labute approximate surface area is 168 Å². The van der Waals surface area contributed by atoms with Gasteiger partial charge in [-0.05, 0) is 59.5 Å². The Kier molecular flexibility index (Phi) is 5.91. The smallest absolute Gasteiger partial charge is 0.408 e. The van der Waals surface area contributed by atoms with Crippen LogP contribution in [0.5, 0.6) is 0 Å². The SMILES string of the molecule is C=NC(=O)C(C)(NC(=O)OC(C)(C)C)c1cccnc1-n1c(C)ccc(N)c1=O. The molecule has 0 bridgehead atoms. The van der Waals surface area contributed by atoms with E-state index in [1.165, 1.54) is 23.8 Å². The maximum absolute atomic E-state index is 12.7. The van der Waals surface area contributed by atoms with Crippen molar-refractivity contribution < 1.29 is 14.3 Å². The number of pyridine rings is 2. The molecule has 0 aliphatic rings. The van der Waals surface area contributed by atoms with Crippen molar-refractivity contribution in [1.29, 1.82) is 0 Å². The second-order valence-corrected chi connectivity index (χ2v) is 7.66. The third-order valence-corrected chi connectivity index (χ3v) is 4.17. The number of aliphatic imine (C=N–C) groups is 1. The molecule has 0 radical (unpaired) electrons. The molecule has 0 aromatic carbocycles. The maximum Gasteiger partial charge on any atom is 0.408 e. The summed E-state index contributed by atoms with van der Waals surface area (Å²) in [5.41, 5.74) is 3.60. The Hall–Kier alpha value is -3.49. The number of ether oxygens (including phenoxy) is 1. The molecule has 0 aliphatic heterocycles. The Bertz CT molecular complexity index is 1020. The zero-order valence-corrected chi connectivity index (χ0v) is 17.1. The summed E-state index contributed by atoms with van der Waals surface area (Å²) in [6.07, 6.45) is 0.636. The molecule has 0 fully saturated rings. The molecule has 154 valence electrons. The third-order valence-electron chi connectivity index (χ3n) is 4.17. The summed E-state index contributed by atoms with van der Waals surface area (Å²) in [5.74, 6) is -0.606. The monoisotopic (exact) mass is 399 g/mol. The number of hydrogen-bond acceptors (Lipinski definition) is 6. The van der Waals surface area contributed by atoms with Crippen LogP contribution in [0.1, 0.15) is 39.0 Å². The number of hydrogen-bond donors (Lipinski definition) is 2. The molecule has 0 saturated heterocycles. The molecule has 9 heteroatoms. The molecule has 29 heavy (non-hydrogen) atoms. The molecule has 0 saturated carbocycles. The van der Waals surface area contributed by atoms with Gasteiger partial charge in [0.25, 0.3) is 11.5 Å². The van der Waals surface area contributed by atoms with Crippen LogP contribution in [0.3, 0.4) is 0 Å². The van der Waals surface area contributed by atoms with Crippen LogP contribution in [-0.4, -0.2) is 33.9 Å². The number of nitrogens with one attached hydrogen (secondary N) is 1. The lowest BCUT2D eigenvalue weighted by atomic mass is 9.91. The van der Waals surface area contributed by atoms with Crippen molar-refractivity contribution in [3.63, 3.8) is 0 Å². The van der Waals surface area contributed by atoms with E-state index in [-0.39, 0.29) is 17.1 Å². The first-order chi connectivity index (χ1) is 13.4. The summed E-state index contributed by atoms with van der Waals surface area (Å²) in [6, 6.07) is 6.29. The molecule has 1 atom stereocenters. The Balaban J connectivity index is 2.71. The van der Waals surface area contributed by atoms with E-state index in [0.717, 1.165) is 0 Å². The lowest BCUT2D eigenvalue weighted by Gasteiger charge is -2.31. The minimum atomic E-state index is -1.69. The molecule has 2 rings (SSSR count).